The Morgan fingerprint density at radius 2 is 2.00 bits per heavy atom. The zero-order chi connectivity index (χ0) is 14.3. The lowest BCUT2D eigenvalue weighted by atomic mass is 10.1. The van der Waals surface area contributed by atoms with Crippen LogP contribution in [0.5, 0.6) is 0 Å². The highest BCUT2D eigenvalue weighted by molar-refractivity contribution is 5.71. The summed E-state index contributed by atoms with van der Waals surface area (Å²) in [6.45, 7) is 10.2. The van der Waals surface area contributed by atoms with Crippen LogP contribution in [0.1, 0.15) is 58.4 Å². The van der Waals surface area contributed by atoms with Crippen molar-refractivity contribution < 1.29 is 0 Å². The van der Waals surface area contributed by atoms with Crippen LogP contribution < -0.4 is 0 Å². The van der Waals surface area contributed by atoms with E-state index in [0.29, 0.717) is 18.1 Å². The molecule has 108 valence electrons. The fraction of sp³-hybridized carbons (Fsp3) is 0.625. The topological polar surface area (TPSA) is 34.0 Å². The number of fused-ring (bicyclic) bond motifs is 1. The van der Waals surface area contributed by atoms with Crippen molar-refractivity contribution in [1.29, 1.82) is 0 Å². The summed E-state index contributed by atoms with van der Waals surface area (Å²) in [6, 6.07) is 5.43. The Bertz CT molecular complexity index is 600. The molecule has 0 bridgehead atoms. The number of imidazole rings is 1. The molecule has 3 heterocycles. The molecule has 0 aliphatic carbocycles. The van der Waals surface area contributed by atoms with Gasteiger partial charge in [-0.25, -0.2) is 9.97 Å². The van der Waals surface area contributed by atoms with Crippen molar-refractivity contribution in [2.24, 2.45) is 0 Å². The molecule has 2 aromatic rings. The number of aromatic nitrogens is 3. The normalized spacial score (nSPS) is 20.6. The van der Waals surface area contributed by atoms with E-state index in [0.717, 1.165) is 11.2 Å². The lowest BCUT2D eigenvalue weighted by Gasteiger charge is -2.29. The van der Waals surface area contributed by atoms with E-state index in [-0.39, 0.29) is 0 Å². The van der Waals surface area contributed by atoms with Gasteiger partial charge in [0, 0.05) is 18.3 Å². The fourth-order valence-corrected chi connectivity index (χ4v) is 3.38. The number of rotatable bonds is 3. The van der Waals surface area contributed by atoms with Gasteiger partial charge in [0.1, 0.15) is 11.3 Å². The van der Waals surface area contributed by atoms with Gasteiger partial charge in [0.2, 0.25) is 0 Å². The maximum absolute atomic E-state index is 4.91. The third kappa shape index (κ3) is 2.12. The summed E-state index contributed by atoms with van der Waals surface area (Å²) in [5, 5.41) is 0. The third-order valence-corrected chi connectivity index (χ3v) is 4.25. The molecule has 1 fully saturated rings. The van der Waals surface area contributed by atoms with Crippen molar-refractivity contribution in [2.45, 2.75) is 58.7 Å². The summed E-state index contributed by atoms with van der Waals surface area (Å²) in [5.74, 6) is 1.19. The van der Waals surface area contributed by atoms with Crippen molar-refractivity contribution in [3.05, 3.63) is 24.2 Å². The second kappa shape index (κ2) is 5.17. The fourth-order valence-electron chi connectivity index (χ4n) is 3.38. The molecule has 1 aliphatic heterocycles. The lowest BCUT2D eigenvalue weighted by Crippen LogP contribution is -2.32. The van der Waals surface area contributed by atoms with Crippen LogP contribution >= 0.6 is 0 Å². The minimum Gasteiger partial charge on any atom is -0.309 e. The van der Waals surface area contributed by atoms with Crippen LogP contribution in [-0.4, -0.2) is 32.0 Å². The van der Waals surface area contributed by atoms with E-state index in [1.807, 2.05) is 12.3 Å². The van der Waals surface area contributed by atoms with Crippen molar-refractivity contribution in [1.82, 2.24) is 19.4 Å². The summed E-state index contributed by atoms with van der Waals surface area (Å²) in [7, 11) is 0. The number of likely N-dealkylation sites (tertiary alicyclic amines) is 1. The Kier molecular flexibility index (Phi) is 3.50. The van der Waals surface area contributed by atoms with Crippen LogP contribution in [0.3, 0.4) is 0 Å². The van der Waals surface area contributed by atoms with Crippen molar-refractivity contribution in [3.8, 4) is 0 Å². The predicted molar refractivity (Wildman–Crippen MR) is 81.7 cm³/mol. The zero-order valence-electron chi connectivity index (χ0n) is 12.9. The lowest BCUT2D eigenvalue weighted by molar-refractivity contribution is 0.194. The van der Waals surface area contributed by atoms with Gasteiger partial charge >= 0.3 is 0 Å². The Morgan fingerprint density at radius 3 is 2.70 bits per heavy atom. The van der Waals surface area contributed by atoms with E-state index < -0.39 is 0 Å². The van der Waals surface area contributed by atoms with Crippen molar-refractivity contribution >= 4 is 11.2 Å². The Hall–Kier alpha value is -1.42. The first-order valence-electron chi connectivity index (χ1n) is 7.68. The van der Waals surface area contributed by atoms with Gasteiger partial charge in [-0.2, -0.15) is 0 Å². The SMILES string of the molecule is CC(C)N1CCCC1c1nc2cccnc2n1C(C)C. The molecule has 4 nitrogen and oxygen atoms in total. The van der Waals surface area contributed by atoms with E-state index >= 15 is 0 Å². The van der Waals surface area contributed by atoms with Gasteiger partial charge < -0.3 is 4.57 Å². The number of hydrogen-bond acceptors (Lipinski definition) is 3. The van der Waals surface area contributed by atoms with Gasteiger partial charge in [-0.3, -0.25) is 4.90 Å². The molecule has 0 N–H and O–H groups in total. The molecule has 0 amide bonds. The summed E-state index contributed by atoms with van der Waals surface area (Å²) >= 11 is 0. The Balaban J connectivity index is 2.13. The standard InChI is InChI=1S/C16H24N4/c1-11(2)19-10-6-8-14(19)16-18-13-7-5-9-17-15(13)20(16)12(3)4/h5,7,9,11-12,14H,6,8,10H2,1-4H3. The third-order valence-electron chi connectivity index (χ3n) is 4.25. The second-order valence-electron chi connectivity index (χ2n) is 6.27. The van der Waals surface area contributed by atoms with Gasteiger partial charge in [0.25, 0.3) is 0 Å². The van der Waals surface area contributed by atoms with Crippen LogP contribution in [0.15, 0.2) is 18.3 Å². The first-order valence-corrected chi connectivity index (χ1v) is 7.68. The molecule has 20 heavy (non-hydrogen) atoms. The average molecular weight is 272 g/mol. The zero-order valence-corrected chi connectivity index (χ0v) is 12.9. The highest BCUT2D eigenvalue weighted by atomic mass is 15.3. The summed E-state index contributed by atoms with van der Waals surface area (Å²) in [5.41, 5.74) is 2.04. The van der Waals surface area contributed by atoms with Crippen LogP contribution in [0, 0.1) is 0 Å². The Labute approximate surface area is 120 Å². The quantitative estimate of drug-likeness (QED) is 0.856. The van der Waals surface area contributed by atoms with E-state index in [9.17, 15) is 0 Å². The second-order valence-corrected chi connectivity index (χ2v) is 6.27. The first-order chi connectivity index (χ1) is 9.59. The minimum absolute atomic E-state index is 0.388. The number of pyridine rings is 1. The van der Waals surface area contributed by atoms with E-state index in [1.54, 1.807) is 0 Å². The molecule has 0 radical (unpaired) electrons. The highest BCUT2D eigenvalue weighted by Crippen LogP contribution is 2.35. The summed E-state index contributed by atoms with van der Waals surface area (Å²) in [6.07, 6.45) is 4.33. The molecule has 4 heteroatoms. The van der Waals surface area contributed by atoms with Crippen LogP contribution in [0.25, 0.3) is 11.2 Å². The smallest absolute Gasteiger partial charge is 0.160 e. The maximum atomic E-state index is 4.91. The van der Waals surface area contributed by atoms with Crippen molar-refractivity contribution in [2.75, 3.05) is 6.54 Å². The van der Waals surface area contributed by atoms with Gasteiger partial charge in [-0.05, 0) is 59.2 Å². The van der Waals surface area contributed by atoms with Crippen LogP contribution in [0.4, 0.5) is 0 Å². The molecule has 1 unspecified atom stereocenters. The van der Waals surface area contributed by atoms with E-state index in [4.69, 9.17) is 4.98 Å². The molecule has 3 rings (SSSR count). The summed E-state index contributed by atoms with van der Waals surface area (Å²) < 4.78 is 2.32. The minimum atomic E-state index is 0.388. The van der Waals surface area contributed by atoms with E-state index in [1.165, 1.54) is 25.2 Å². The average Bonchev–Trinajstić information content (AvgIpc) is 3.02. The monoisotopic (exact) mass is 272 g/mol. The number of nitrogens with zero attached hydrogens (tertiary/aromatic N) is 4. The van der Waals surface area contributed by atoms with Gasteiger partial charge in [-0.1, -0.05) is 0 Å². The molecule has 2 aromatic heterocycles. The van der Waals surface area contributed by atoms with Gasteiger partial charge in [0.15, 0.2) is 5.65 Å². The van der Waals surface area contributed by atoms with Gasteiger partial charge in [-0.15, -0.1) is 0 Å². The summed E-state index contributed by atoms with van der Waals surface area (Å²) in [4.78, 5) is 12.0. The predicted octanol–water partition coefficient (Wildman–Crippen LogP) is 3.56. The van der Waals surface area contributed by atoms with Gasteiger partial charge in [0.05, 0.1) is 6.04 Å². The molecule has 0 saturated carbocycles. The molecule has 0 spiro atoms. The maximum Gasteiger partial charge on any atom is 0.160 e. The molecule has 0 aromatic carbocycles. The molecule has 1 aliphatic rings. The van der Waals surface area contributed by atoms with Crippen LogP contribution in [-0.2, 0) is 0 Å². The Morgan fingerprint density at radius 1 is 1.20 bits per heavy atom. The van der Waals surface area contributed by atoms with Crippen LogP contribution in [0.2, 0.25) is 0 Å². The largest absolute Gasteiger partial charge is 0.309 e. The highest BCUT2D eigenvalue weighted by Gasteiger charge is 2.32. The number of hydrogen-bond donors (Lipinski definition) is 0. The van der Waals surface area contributed by atoms with E-state index in [2.05, 4.69) is 48.2 Å². The molecular formula is C16H24N4. The molecule has 1 atom stereocenters. The molecular weight excluding hydrogens is 248 g/mol. The first kappa shape index (κ1) is 13.6. The van der Waals surface area contributed by atoms with Crippen molar-refractivity contribution in [3.63, 3.8) is 0 Å². The molecule has 1 saturated heterocycles.